The first-order valence-corrected chi connectivity index (χ1v) is 4.97. The fraction of sp³-hybridized carbons (Fsp3) is 0.556. The van der Waals surface area contributed by atoms with Crippen molar-refractivity contribution >= 4 is 11.8 Å². The highest BCUT2D eigenvalue weighted by atomic mass is 16.2. The number of hydrogen-bond acceptors (Lipinski definition) is 4. The number of aryl methyl sites for hydroxylation is 1. The van der Waals surface area contributed by atoms with Crippen LogP contribution in [0.2, 0.25) is 0 Å². The molecule has 1 rings (SSSR count). The van der Waals surface area contributed by atoms with Crippen molar-refractivity contribution in [1.82, 2.24) is 25.4 Å². The van der Waals surface area contributed by atoms with Gasteiger partial charge in [-0.25, -0.2) is 4.98 Å². The van der Waals surface area contributed by atoms with Gasteiger partial charge in [0, 0.05) is 13.6 Å². The second kappa shape index (κ2) is 5.24. The molecule has 0 atom stereocenters. The summed E-state index contributed by atoms with van der Waals surface area (Å²) in [6.45, 7) is 3.94. The van der Waals surface area contributed by atoms with E-state index >= 15 is 0 Å². The quantitative estimate of drug-likeness (QED) is 0.710. The number of aromatic amines is 1. The van der Waals surface area contributed by atoms with Crippen molar-refractivity contribution in [3.63, 3.8) is 0 Å². The van der Waals surface area contributed by atoms with Crippen LogP contribution >= 0.6 is 0 Å². The van der Waals surface area contributed by atoms with Gasteiger partial charge in [0.2, 0.25) is 11.7 Å². The summed E-state index contributed by atoms with van der Waals surface area (Å²) >= 11 is 0. The number of H-pyrrole nitrogens is 1. The van der Waals surface area contributed by atoms with Crippen LogP contribution in [-0.2, 0) is 4.79 Å². The lowest BCUT2D eigenvalue weighted by Crippen LogP contribution is -2.39. The van der Waals surface area contributed by atoms with Crippen molar-refractivity contribution in [2.45, 2.75) is 13.8 Å². The fourth-order valence-electron chi connectivity index (χ4n) is 1.16. The minimum Gasteiger partial charge on any atom is -0.358 e. The Kier molecular flexibility index (Phi) is 3.98. The van der Waals surface area contributed by atoms with Gasteiger partial charge in [-0.15, -0.1) is 5.10 Å². The highest BCUT2D eigenvalue weighted by molar-refractivity contribution is 5.93. The van der Waals surface area contributed by atoms with Crippen molar-refractivity contribution in [2.75, 3.05) is 20.1 Å². The molecule has 1 aromatic rings. The largest absolute Gasteiger partial charge is 0.358 e. The third-order valence-electron chi connectivity index (χ3n) is 2.07. The van der Waals surface area contributed by atoms with E-state index in [-0.39, 0.29) is 24.2 Å². The molecular formula is C9H15N5O2. The standard InChI is InChI=1S/C9H15N5O2/c1-4-14(5-7(15)10-3)9(16)8-11-6(2)12-13-8/h4-5H2,1-3H3,(H,10,15)(H,11,12,13). The molecule has 0 unspecified atom stereocenters. The zero-order valence-electron chi connectivity index (χ0n) is 9.57. The monoisotopic (exact) mass is 225 g/mol. The Bertz CT molecular complexity index is 387. The molecule has 0 bridgehead atoms. The van der Waals surface area contributed by atoms with Crippen molar-refractivity contribution in [3.8, 4) is 0 Å². The molecule has 2 N–H and O–H groups in total. The van der Waals surface area contributed by atoms with E-state index in [0.29, 0.717) is 12.4 Å². The second-order valence-corrected chi connectivity index (χ2v) is 3.24. The van der Waals surface area contributed by atoms with E-state index in [4.69, 9.17) is 0 Å². The van der Waals surface area contributed by atoms with Gasteiger partial charge in [0.25, 0.3) is 5.91 Å². The lowest BCUT2D eigenvalue weighted by molar-refractivity contribution is -0.121. The zero-order valence-corrected chi connectivity index (χ0v) is 9.57. The smallest absolute Gasteiger partial charge is 0.293 e. The molecule has 0 aromatic carbocycles. The molecule has 16 heavy (non-hydrogen) atoms. The molecule has 7 heteroatoms. The van der Waals surface area contributed by atoms with Gasteiger partial charge in [-0.2, -0.15) is 0 Å². The molecule has 0 aliphatic heterocycles. The summed E-state index contributed by atoms with van der Waals surface area (Å²) in [5.74, 6) is 0.0838. The Morgan fingerprint density at radius 1 is 1.50 bits per heavy atom. The average Bonchev–Trinajstić information content (AvgIpc) is 2.71. The molecule has 7 nitrogen and oxygen atoms in total. The predicted octanol–water partition coefficient (Wildman–Crippen LogP) is -0.679. The van der Waals surface area contributed by atoms with Gasteiger partial charge in [0.1, 0.15) is 5.82 Å². The molecule has 0 fully saturated rings. The number of nitrogens with one attached hydrogen (secondary N) is 2. The third-order valence-corrected chi connectivity index (χ3v) is 2.07. The van der Waals surface area contributed by atoms with Gasteiger partial charge in [-0.3, -0.25) is 14.7 Å². The molecule has 0 aliphatic rings. The van der Waals surface area contributed by atoms with E-state index in [2.05, 4.69) is 20.5 Å². The zero-order chi connectivity index (χ0) is 12.1. The SMILES string of the molecule is CCN(CC(=O)NC)C(=O)c1n[nH]c(C)n1. The van der Waals surface area contributed by atoms with Crippen molar-refractivity contribution in [3.05, 3.63) is 11.6 Å². The highest BCUT2D eigenvalue weighted by Gasteiger charge is 2.20. The van der Waals surface area contributed by atoms with Gasteiger partial charge < -0.3 is 10.2 Å². The van der Waals surface area contributed by atoms with E-state index in [9.17, 15) is 9.59 Å². The van der Waals surface area contributed by atoms with Gasteiger partial charge in [-0.05, 0) is 13.8 Å². The van der Waals surface area contributed by atoms with Crippen molar-refractivity contribution in [2.24, 2.45) is 0 Å². The van der Waals surface area contributed by atoms with Crippen LogP contribution in [0.15, 0.2) is 0 Å². The highest BCUT2D eigenvalue weighted by Crippen LogP contribution is 1.99. The van der Waals surface area contributed by atoms with Crippen LogP contribution in [0, 0.1) is 6.92 Å². The number of aromatic nitrogens is 3. The maximum absolute atomic E-state index is 11.8. The summed E-state index contributed by atoms with van der Waals surface area (Å²) in [7, 11) is 1.53. The van der Waals surface area contributed by atoms with Crippen molar-refractivity contribution in [1.29, 1.82) is 0 Å². The average molecular weight is 225 g/mol. The molecule has 0 saturated heterocycles. The summed E-state index contributed by atoms with van der Waals surface area (Å²) in [6, 6.07) is 0. The summed E-state index contributed by atoms with van der Waals surface area (Å²) in [5, 5.41) is 8.81. The first kappa shape index (κ1) is 12.2. The Labute approximate surface area is 93.2 Å². The summed E-state index contributed by atoms with van der Waals surface area (Å²) < 4.78 is 0. The molecular weight excluding hydrogens is 210 g/mol. The Balaban J connectivity index is 2.73. The minimum atomic E-state index is -0.351. The molecule has 1 aromatic heterocycles. The van der Waals surface area contributed by atoms with Crippen LogP contribution < -0.4 is 5.32 Å². The first-order valence-electron chi connectivity index (χ1n) is 4.97. The number of hydrogen-bond donors (Lipinski definition) is 2. The molecule has 0 spiro atoms. The van der Waals surface area contributed by atoms with Gasteiger partial charge in [-0.1, -0.05) is 0 Å². The summed E-state index contributed by atoms with van der Waals surface area (Å²) in [5.41, 5.74) is 0. The summed E-state index contributed by atoms with van der Waals surface area (Å²) in [4.78, 5) is 28.3. The summed E-state index contributed by atoms with van der Waals surface area (Å²) in [6.07, 6.45) is 0. The molecule has 2 amide bonds. The maximum atomic E-state index is 11.8. The van der Waals surface area contributed by atoms with Gasteiger partial charge in [0.15, 0.2) is 0 Å². The Morgan fingerprint density at radius 2 is 2.19 bits per heavy atom. The maximum Gasteiger partial charge on any atom is 0.293 e. The molecule has 1 heterocycles. The fourth-order valence-corrected chi connectivity index (χ4v) is 1.16. The Hall–Kier alpha value is -1.92. The Morgan fingerprint density at radius 3 is 2.62 bits per heavy atom. The molecule has 0 radical (unpaired) electrons. The van der Waals surface area contributed by atoms with Crippen molar-refractivity contribution < 1.29 is 9.59 Å². The third kappa shape index (κ3) is 2.78. The number of rotatable bonds is 4. The normalized spacial score (nSPS) is 9.94. The van der Waals surface area contributed by atoms with Crippen LogP contribution in [-0.4, -0.2) is 52.0 Å². The first-order chi connectivity index (χ1) is 7.58. The van der Waals surface area contributed by atoms with E-state index < -0.39 is 0 Å². The number of carbonyl (C=O) groups excluding carboxylic acids is 2. The van der Waals surface area contributed by atoms with E-state index in [1.54, 1.807) is 13.8 Å². The lowest BCUT2D eigenvalue weighted by Gasteiger charge is -2.17. The topological polar surface area (TPSA) is 91.0 Å². The van der Waals surface area contributed by atoms with E-state index in [0.717, 1.165) is 0 Å². The molecule has 88 valence electrons. The van der Waals surface area contributed by atoms with Gasteiger partial charge >= 0.3 is 0 Å². The number of likely N-dealkylation sites (N-methyl/N-ethyl adjacent to an activating group) is 2. The minimum absolute atomic E-state index is 0.0133. The predicted molar refractivity (Wildman–Crippen MR) is 56.8 cm³/mol. The van der Waals surface area contributed by atoms with Crippen LogP contribution in [0.5, 0.6) is 0 Å². The van der Waals surface area contributed by atoms with Crippen LogP contribution in [0.25, 0.3) is 0 Å². The van der Waals surface area contributed by atoms with Crippen LogP contribution in [0.3, 0.4) is 0 Å². The van der Waals surface area contributed by atoms with Crippen LogP contribution in [0.1, 0.15) is 23.4 Å². The van der Waals surface area contributed by atoms with Crippen LogP contribution in [0.4, 0.5) is 0 Å². The van der Waals surface area contributed by atoms with E-state index in [1.165, 1.54) is 11.9 Å². The lowest BCUT2D eigenvalue weighted by atomic mass is 10.4. The number of carbonyl (C=O) groups is 2. The second-order valence-electron chi connectivity index (χ2n) is 3.24. The van der Waals surface area contributed by atoms with E-state index in [1.807, 2.05) is 0 Å². The number of amides is 2. The molecule has 0 saturated carbocycles. The number of nitrogens with zero attached hydrogens (tertiary/aromatic N) is 3. The van der Waals surface area contributed by atoms with Gasteiger partial charge in [0.05, 0.1) is 6.54 Å². The molecule has 0 aliphatic carbocycles.